The van der Waals surface area contributed by atoms with Crippen LogP contribution in [0.5, 0.6) is 0 Å². The highest BCUT2D eigenvalue weighted by Crippen LogP contribution is 2.36. The Bertz CT molecular complexity index is 252. The normalized spacial score (nSPS) is 37.9. The zero-order valence-corrected chi connectivity index (χ0v) is 8.53. The number of phosphoric ester groups is 1. The van der Waals surface area contributed by atoms with E-state index in [1.807, 2.05) is 0 Å². The Morgan fingerprint density at radius 1 is 1.27 bits per heavy atom. The van der Waals surface area contributed by atoms with Gasteiger partial charge in [0.2, 0.25) is 0 Å². The van der Waals surface area contributed by atoms with Crippen LogP contribution < -0.4 is 0 Å². The molecule has 0 amide bonds. The predicted octanol–water partition coefficient (Wildman–Crippen LogP) is -2.42. The highest BCUT2D eigenvalue weighted by Gasteiger charge is 2.38. The van der Waals surface area contributed by atoms with Crippen molar-refractivity contribution in [3.8, 4) is 0 Å². The lowest BCUT2D eigenvalue weighted by atomic mass is 10.0. The molecular weight excluding hydrogens is 231 g/mol. The van der Waals surface area contributed by atoms with Gasteiger partial charge in [-0.05, 0) is 0 Å². The molecule has 1 rings (SSSR count). The Morgan fingerprint density at radius 2 is 1.87 bits per heavy atom. The quantitative estimate of drug-likeness (QED) is 0.346. The summed E-state index contributed by atoms with van der Waals surface area (Å²) in [6, 6.07) is 0. The van der Waals surface area contributed by atoms with Crippen LogP contribution in [0.15, 0.2) is 0 Å². The second-order valence-corrected chi connectivity index (χ2v) is 4.45. The van der Waals surface area contributed by atoms with Crippen molar-refractivity contribution in [1.82, 2.24) is 0 Å². The van der Waals surface area contributed by atoms with Gasteiger partial charge in [-0.1, -0.05) is 0 Å². The summed E-state index contributed by atoms with van der Waals surface area (Å²) < 4.78 is 19.3. The molecule has 0 aromatic heterocycles. The van der Waals surface area contributed by atoms with Crippen LogP contribution in [0.25, 0.3) is 0 Å². The topological polar surface area (TPSA) is 137 Å². The van der Waals surface area contributed by atoms with E-state index in [9.17, 15) is 14.8 Å². The van der Waals surface area contributed by atoms with E-state index >= 15 is 0 Å². The third kappa shape index (κ3) is 3.78. The molecule has 5 N–H and O–H groups in total. The highest BCUT2D eigenvalue weighted by molar-refractivity contribution is 7.46. The fourth-order valence-corrected chi connectivity index (χ4v) is 1.53. The first-order chi connectivity index (χ1) is 6.81. The van der Waals surface area contributed by atoms with Gasteiger partial charge in [0.25, 0.3) is 0 Å². The Balaban J connectivity index is 2.46. The molecule has 3 unspecified atom stereocenters. The summed E-state index contributed by atoms with van der Waals surface area (Å²) in [6.07, 6.45) is -5.15. The number of ether oxygens (including phenoxy) is 1. The third-order valence-corrected chi connectivity index (χ3v) is 2.50. The van der Waals surface area contributed by atoms with Crippen LogP contribution in [-0.4, -0.2) is 62.7 Å². The van der Waals surface area contributed by atoms with Crippen molar-refractivity contribution in [3.63, 3.8) is 0 Å². The molecule has 0 radical (unpaired) electrons. The number of aliphatic hydroxyl groups excluding tert-OH is 3. The maximum Gasteiger partial charge on any atom is 0.469 e. The monoisotopic (exact) mass is 244 g/mol. The molecule has 0 bridgehead atoms. The van der Waals surface area contributed by atoms with E-state index in [2.05, 4.69) is 4.52 Å². The first-order valence-corrected chi connectivity index (χ1v) is 5.70. The summed E-state index contributed by atoms with van der Waals surface area (Å²) >= 11 is 0. The lowest BCUT2D eigenvalue weighted by Gasteiger charge is -2.34. The van der Waals surface area contributed by atoms with Gasteiger partial charge in [-0.3, -0.25) is 4.52 Å². The summed E-state index contributed by atoms with van der Waals surface area (Å²) in [5.41, 5.74) is 0. The minimum absolute atomic E-state index is 0.229. The van der Waals surface area contributed by atoms with Crippen molar-refractivity contribution in [1.29, 1.82) is 0 Å². The second kappa shape index (κ2) is 4.86. The summed E-state index contributed by atoms with van der Waals surface area (Å²) in [5, 5.41) is 27.6. The molecular formula is C6H13O8P. The van der Waals surface area contributed by atoms with Crippen molar-refractivity contribution in [2.75, 3.05) is 13.2 Å². The van der Waals surface area contributed by atoms with Crippen molar-refractivity contribution >= 4 is 7.82 Å². The number of aliphatic hydroxyl groups is 3. The van der Waals surface area contributed by atoms with Crippen LogP contribution in [0.1, 0.15) is 0 Å². The van der Waals surface area contributed by atoms with Gasteiger partial charge in [-0.25, -0.2) is 4.57 Å². The first-order valence-electron chi connectivity index (χ1n) is 4.17. The lowest BCUT2D eigenvalue weighted by molar-refractivity contribution is -0.194. The molecule has 1 heterocycles. The fourth-order valence-electron chi connectivity index (χ4n) is 1.18. The maximum atomic E-state index is 10.3. The van der Waals surface area contributed by atoms with E-state index in [0.29, 0.717) is 0 Å². The van der Waals surface area contributed by atoms with E-state index in [1.54, 1.807) is 0 Å². The molecule has 1 aliphatic rings. The molecule has 0 saturated carbocycles. The van der Waals surface area contributed by atoms with E-state index in [-0.39, 0.29) is 6.61 Å². The number of hydrogen-bond donors (Lipinski definition) is 5. The van der Waals surface area contributed by atoms with Crippen LogP contribution in [-0.2, 0) is 13.8 Å². The van der Waals surface area contributed by atoms with Gasteiger partial charge in [-0.2, -0.15) is 0 Å². The molecule has 4 atom stereocenters. The maximum absolute atomic E-state index is 10.3. The summed E-state index contributed by atoms with van der Waals surface area (Å²) in [6.45, 7) is -0.789. The van der Waals surface area contributed by atoms with Crippen LogP contribution >= 0.6 is 7.82 Å². The predicted molar refractivity (Wildman–Crippen MR) is 45.8 cm³/mol. The number of phosphoric acid groups is 1. The largest absolute Gasteiger partial charge is 0.469 e. The van der Waals surface area contributed by atoms with Gasteiger partial charge in [0.15, 0.2) is 0 Å². The third-order valence-electron chi connectivity index (χ3n) is 2.01. The second-order valence-electron chi connectivity index (χ2n) is 3.21. The molecule has 1 fully saturated rings. The van der Waals surface area contributed by atoms with E-state index in [0.717, 1.165) is 0 Å². The summed E-state index contributed by atoms with van der Waals surface area (Å²) in [7, 11) is -4.63. The SMILES string of the molecule is O=P(O)(O)OCC1OCC(O)C(O)[C@@H]1O. The van der Waals surface area contributed by atoms with Crippen LogP contribution in [0.3, 0.4) is 0 Å². The molecule has 90 valence electrons. The zero-order chi connectivity index (χ0) is 11.6. The molecule has 1 aliphatic heterocycles. The Hall–Kier alpha value is -0.0500. The van der Waals surface area contributed by atoms with Crippen LogP contribution in [0.2, 0.25) is 0 Å². The Morgan fingerprint density at radius 3 is 2.40 bits per heavy atom. The standard InChI is InChI=1S/C6H13O8P/c7-3-1-13-4(6(9)5(3)8)2-14-15(10,11)12/h3-9H,1-2H2,(H2,10,11,12)/t3?,4?,5?,6-/m1/s1. The molecule has 0 spiro atoms. The summed E-state index contributed by atoms with van der Waals surface area (Å²) in [5.74, 6) is 0. The van der Waals surface area contributed by atoms with Gasteiger partial charge >= 0.3 is 7.82 Å². The molecule has 15 heavy (non-hydrogen) atoms. The molecule has 8 nitrogen and oxygen atoms in total. The van der Waals surface area contributed by atoms with Gasteiger partial charge in [-0.15, -0.1) is 0 Å². The van der Waals surface area contributed by atoms with Crippen molar-refractivity contribution in [3.05, 3.63) is 0 Å². The number of hydrogen-bond acceptors (Lipinski definition) is 6. The van der Waals surface area contributed by atoms with Gasteiger partial charge in [0.05, 0.1) is 13.2 Å². The highest BCUT2D eigenvalue weighted by atomic mass is 31.2. The molecule has 9 heteroatoms. The lowest BCUT2D eigenvalue weighted by Crippen LogP contribution is -2.54. The fraction of sp³-hybridized carbons (Fsp3) is 1.00. The molecule has 0 aromatic rings. The van der Waals surface area contributed by atoms with Crippen molar-refractivity contribution in [2.45, 2.75) is 24.4 Å². The molecule has 0 aromatic carbocycles. The van der Waals surface area contributed by atoms with Gasteiger partial charge in [0, 0.05) is 0 Å². The number of rotatable bonds is 3. The van der Waals surface area contributed by atoms with Crippen LogP contribution in [0, 0.1) is 0 Å². The van der Waals surface area contributed by atoms with E-state index < -0.39 is 38.8 Å². The van der Waals surface area contributed by atoms with Crippen molar-refractivity contribution < 1.29 is 38.9 Å². The Kier molecular flexibility index (Phi) is 4.21. The molecule has 0 aliphatic carbocycles. The van der Waals surface area contributed by atoms with Gasteiger partial charge < -0.3 is 29.8 Å². The van der Waals surface area contributed by atoms with Crippen molar-refractivity contribution in [2.24, 2.45) is 0 Å². The van der Waals surface area contributed by atoms with E-state index in [4.69, 9.17) is 19.6 Å². The van der Waals surface area contributed by atoms with Gasteiger partial charge in [0.1, 0.15) is 24.4 Å². The van der Waals surface area contributed by atoms with E-state index in [1.165, 1.54) is 0 Å². The summed E-state index contributed by atoms with van der Waals surface area (Å²) in [4.78, 5) is 16.8. The average Bonchev–Trinajstić information content (AvgIpc) is 2.12. The zero-order valence-electron chi connectivity index (χ0n) is 7.63. The minimum Gasteiger partial charge on any atom is -0.388 e. The molecule has 1 saturated heterocycles. The Labute approximate surface area is 85.3 Å². The van der Waals surface area contributed by atoms with Crippen LogP contribution in [0.4, 0.5) is 0 Å². The first kappa shape index (κ1) is 13.0. The minimum atomic E-state index is -4.63. The smallest absolute Gasteiger partial charge is 0.388 e. The average molecular weight is 244 g/mol.